The van der Waals surface area contributed by atoms with Gasteiger partial charge in [-0.2, -0.15) is 17.5 Å². The molecule has 28 heavy (non-hydrogen) atoms. The first-order valence-electron chi connectivity index (χ1n) is 8.79. The van der Waals surface area contributed by atoms with E-state index in [1.165, 1.54) is 28.6 Å². The standard InChI is InChI=1S/C18H27F3N2O4S/c1-12(2)10-23(11-13(3)4)28(26,27)15-8-6-14(7-9-15)22-16(24)17(5,25)18(19,20)21/h6-9,12-13,25H,10-11H2,1-5H3,(H,22,24). The molecule has 0 heterocycles. The molecule has 0 aliphatic heterocycles. The number of carbonyl (C=O) groups excluding carboxylic acids is 1. The van der Waals surface area contributed by atoms with Crippen LogP contribution < -0.4 is 5.32 Å². The third-order valence-electron chi connectivity index (χ3n) is 3.88. The summed E-state index contributed by atoms with van der Waals surface area (Å²) >= 11 is 0. The fourth-order valence-electron chi connectivity index (χ4n) is 2.33. The van der Waals surface area contributed by atoms with Gasteiger partial charge < -0.3 is 10.4 Å². The van der Waals surface area contributed by atoms with E-state index in [1.54, 1.807) is 0 Å². The fraction of sp³-hybridized carbons (Fsp3) is 0.611. The zero-order chi connectivity index (χ0) is 21.9. The number of carbonyl (C=O) groups is 1. The second kappa shape index (κ2) is 8.79. The Morgan fingerprint density at radius 3 is 1.86 bits per heavy atom. The van der Waals surface area contributed by atoms with Crippen molar-refractivity contribution in [3.8, 4) is 0 Å². The second-order valence-corrected chi connectivity index (χ2v) is 9.60. The van der Waals surface area contributed by atoms with Gasteiger partial charge in [0, 0.05) is 18.8 Å². The number of hydrogen-bond donors (Lipinski definition) is 2. The molecule has 2 N–H and O–H groups in total. The largest absolute Gasteiger partial charge is 0.426 e. The lowest BCUT2D eigenvalue weighted by molar-refractivity contribution is -0.242. The predicted molar refractivity (Wildman–Crippen MR) is 100 cm³/mol. The highest BCUT2D eigenvalue weighted by molar-refractivity contribution is 7.89. The molecule has 0 spiro atoms. The highest BCUT2D eigenvalue weighted by Crippen LogP contribution is 2.31. The van der Waals surface area contributed by atoms with E-state index < -0.39 is 27.7 Å². The number of anilines is 1. The van der Waals surface area contributed by atoms with Crippen LogP contribution in [0.5, 0.6) is 0 Å². The van der Waals surface area contributed by atoms with E-state index in [9.17, 15) is 31.5 Å². The molecule has 0 fully saturated rings. The van der Waals surface area contributed by atoms with Crippen LogP contribution in [-0.2, 0) is 14.8 Å². The average Bonchev–Trinajstić information content (AvgIpc) is 2.52. The number of rotatable bonds is 8. The normalized spacial score (nSPS) is 15.1. The molecule has 0 aliphatic rings. The van der Waals surface area contributed by atoms with Crippen molar-refractivity contribution < 1.29 is 31.5 Å². The number of benzene rings is 1. The SMILES string of the molecule is CC(C)CN(CC(C)C)S(=O)(=O)c1ccc(NC(=O)C(C)(O)C(F)(F)F)cc1. The van der Waals surface area contributed by atoms with Gasteiger partial charge in [-0.1, -0.05) is 27.7 Å². The van der Waals surface area contributed by atoms with Crippen molar-refractivity contribution >= 4 is 21.6 Å². The van der Waals surface area contributed by atoms with Crippen molar-refractivity contribution in [2.45, 2.75) is 51.3 Å². The van der Waals surface area contributed by atoms with Gasteiger partial charge in [-0.15, -0.1) is 0 Å². The van der Waals surface area contributed by atoms with Crippen LogP contribution >= 0.6 is 0 Å². The van der Waals surface area contributed by atoms with E-state index in [0.29, 0.717) is 20.0 Å². The Kier molecular flexibility index (Phi) is 7.66. The van der Waals surface area contributed by atoms with Crippen molar-refractivity contribution in [1.29, 1.82) is 0 Å². The first-order valence-corrected chi connectivity index (χ1v) is 10.2. The maximum atomic E-state index is 12.9. The Bertz CT molecular complexity index is 763. The number of sulfonamides is 1. The van der Waals surface area contributed by atoms with E-state index in [-0.39, 0.29) is 22.4 Å². The molecule has 0 bridgehead atoms. The summed E-state index contributed by atoms with van der Waals surface area (Å²) in [4.78, 5) is 11.7. The molecule has 1 aromatic carbocycles. The fourth-order valence-corrected chi connectivity index (χ4v) is 4.09. The van der Waals surface area contributed by atoms with Crippen molar-refractivity contribution in [1.82, 2.24) is 4.31 Å². The van der Waals surface area contributed by atoms with Crippen LogP contribution in [0.2, 0.25) is 0 Å². The number of amides is 1. The summed E-state index contributed by atoms with van der Waals surface area (Å²) in [7, 11) is -3.80. The minimum Gasteiger partial charge on any atom is -0.373 e. The summed E-state index contributed by atoms with van der Waals surface area (Å²) in [6.07, 6.45) is -5.14. The van der Waals surface area contributed by atoms with Gasteiger partial charge in [0.2, 0.25) is 15.6 Å². The van der Waals surface area contributed by atoms with Gasteiger partial charge in [0.25, 0.3) is 5.91 Å². The maximum absolute atomic E-state index is 12.9. The molecule has 6 nitrogen and oxygen atoms in total. The van der Waals surface area contributed by atoms with Crippen molar-refractivity contribution in [2.75, 3.05) is 18.4 Å². The van der Waals surface area contributed by atoms with Gasteiger partial charge in [-0.25, -0.2) is 8.42 Å². The average molecular weight is 424 g/mol. The van der Waals surface area contributed by atoms with Gasteiger partial charge in [-0.3, -0.25) is 4.79 Å². The summed E-state index contributed by atoms with van der Waals surface area (Å²) in [5.41, 5.74) is -3.63. The summed E-state index contributed by atoms with van der Waals surface area (Å²) < 4.78 is 65.2. The molecular formula is C18H27F3N2O4S. The highest BCUT2D eigenvalue weighted by Gasteiger charge is 2.55. The third kappa shape index (κ3) is 5.92. The molecule has 160 valence electrons. The van der Waals surface area contributed by atoms with Gasteiger partial charge in [0.15, 0.2) is 0 Å². The van der Waals surface area contributed by atoms with Crippen molar-refractivity contribution in [3.63, 3.8) is 0 Å². The van der Waals surface area contributed by atoms with E-state index in [2.05, 4.69) is 0 Å². The molecular weight excluding hydrogens is 397 g/mol. The van der Waals surface area contributed by atoms with Gasteiger partial charge >= 0.3 is 6.18 Å². The summed E-state index contributed by atoms with van der Waals surface area (Å²) in [5.74, 6) is -1.44. The highest BCUT2D eigenvalue weighted by atomic mass is 32.2. The van der Waals surface area contributed by atoms with Gasteiger partial charge in [0.05, 0.1) is 4.90 Å². The lowest BCUT2D eigenvalue weighted by atomic mass is 10.1. The zero-order valence-corrected chi connectivity index (χ0v) is 17.4. The minimum atomic E-state index is -5.14. The molecule has 0 aliphatic carbocycles. The lowest BCUT2D eigenvalue weighted by Gasteiger charge is -2.26. The topological polar surface area (TPSA) is 86.7 Å². The van der Waals surface area contributed by atoms with Crippen molar-refractivity contribution in [2.24, 2.45) is 11.8 Å². The molecule has 10 heteroatoms. The van der Waals surface area contributed by atoms with Crippen LogP contribution in [0, 0.1) is 11.8 Å². The lowest BCUT2D eigenvalue weighted by Crippen LogP contribution is -2.52. The predicted octanol–water partition coefficient (Wildman–Crippen LogP) is 3.24. The second-order valence-electron chi connectivity index (χ2n) is 7.66. The molecule has 0 aromatic heterocycles. The van der Waals surface area contributed by atoms with E-state index in [4.69, 9.17) is 0 Å². The Hall–Kier alpha value is -1.65. The number of nitrogens with zero attached hydrogens (tertiary/aromatic N) is 1. The van der Waals surface area contributed by atoms with E-state index in [0.717, 1.165) is 0 Å². The molecule has 1 rings (SSSR count). The van der Waals surface area contributed by atoms with Crippen LogP contribution in [0.4, 0.5) is 18.9 Å². The first-order chi connectivity index (χ1) is 12.6. The molecule has 1 aromatic rings. The molecule has 1 atom stereocenters. The number of halogens is 3. The number of hydrogen-bond acceptors (Lipinski definition) is 4. The van der Waals surface area contributed by atoms with E-state index in [1.807, 2.05) is 33.0 Å². The van der Waals surface area contributed by atoms with E-state index >= 15 is 0 Å². The molecule has 0 saturated carbocycles. The Balaban J connectivity index is 3.06. The van der Waals surface area contributed by atoms with Crippen molar-refractivity contribution in [3.05, 3.63) is 24.3 Å². The minimum absolute atomic E-state index is 0.0330. The summed E-state index contributed by atoms with van der Waals surface area (Å²) in [5, 5.41) is 11.3. The molecule has 1 amide bonds. The van der Waals surface area contributed by atoms with Crippen LogP contribution in [0.25, 0.3) is 0 Å². The van der Waals surface area contributed by atoms with Crippen LogP contribution in [-0.4, -0.2) is 48.6 Å². The maximum Gasteiger partial charge on any atom is 0.426 e. The number of aliphatic hydroxyl groups is 1. The van der Waals surface area contributed by atoms with Crippen LogP contribution in [0.3, 0.4) is 0 Å². The Morgan fingerprint density at radius 1 is 1.07 bits per heavy atom. The quantitative estimate of drug-likeness (QED) is 0.671. The van der Waals surface area contributed by atoms with Gasteiger partial charge in [0.1, 0.15) is 0 Å². The smallest absolute Gasteiger partial charge is 0.373 e. The Morgan fingerprint density at radius 2 is 1.50 bits per heavy atom. The zero-order valence-electron chi connectivity index (χ0n) is 16.5. The third-order valence-corrected chi connectivity index (χ3v) is 5.73. The number of alkyl halides is 3. The van der Waals surface area contributed by atoms with Gasteiger partial charge in [-0.05, 0) is 43.0 Å². The monoisotopic (exact) mass is 424 g/mol. The van der Waals surface area contributed by atoms with Crippen LogP contribution in [0.1, 0.15) is 34.6 Å². The van der Waals surface area contributed by atoms with Crippen LogP contribution in [0.15, 0.2) is 29.2 Å². The molecule has 0 radical (unpaired) electrons. The first kappa shape index (κ1) is 24.4. The number of nitrogens with one attached hydrogen (secondary N) is 1. The Labute approximate surface area is 163 Å². The molecule has 1 unspecified atom stereocenters. The summed E-state index contributed by atoms with van der Waals surface area (Å²) in [6.45, 7) is 8.59. The molecule has 0 saturated heterocycles. The summed E-state index contributed by atoms with van der Waals surface area (Å²) in [6, 6.07) is 4.78.